The zero-order valence-corrected chi connectivity index (χ0v) is 24.8. The molecule has 0 fully saturated rings. The van der Waals surface area contributed by atoms with Gasteiger partial charge in [-0.2, -0.15) is 0 Å². The van der Waals surface area contributed by atoms with E-state index in [2.05, 4.69) is 5.32 Å². The fourth-order valence-corrected chi connectivity index (χ4v) is 5.42. The molecule has 3 aromatic rings. The number of sulfonamides is 1. The normalized spacial score (nSPS) is 14.0. The lowest BCUT2D eigenvalue weighted by Crippen LogP contribution is -2.54. The standard InChI is InChI=1S/C31H36FN3O6S/c1-4-22(2)33-31(37)27(18-23-8-6-5-7-9-23)34(20-24-10-12-25(32)13-11-24)30(36)21-35(42(3,38)39)26-14-15-28-29(19-26)41-17-16-40-28/h5-15,19,22,27H,4,16-18,20-21H2,1-3H3,(H,33,37)/t22-,27+/m0/s1. The Morgan fingerprint density at radius 3 is 2.26 bits per heavy atom. The molecule has 0 saturated heterocycles. The van der Waals surface area contributed by atoms with E-state index in [1.807, 2.05) is 44.2 Å². The first-order valence-electron chi connectivity index (χ1n) is 13.8. The predicted molar refractivity (Wildman–Crippen MR) is 158 cm³/mol. The first-order chi connectivity index (χ1) is 20.0. The van der Waals surface area contributed by atoms with Crippen LogP contribution in [0.3, 0.4) is 0 Å². The number of benzene rings is 3. The molecule has 2 atom stereocenters. The number of rotatable bonds is 12. The van der Waals surface area contributed by atoms with Gasteiger partial charge in [-0.25, -0.2) is 12.8 Å². The highest BCUT2D eigenvalue weighted by Crippen LogP contribution is 2.34. The number of nitrogens with one attached hydrogen (secondary N) is 1. The number of hydrogen-bond acceptors (Lipinski definition) is 6. The number of nitrogens with zero attached hydrogens (tertiary/aromatic N) is 2. The van der Waals surface area contributed by atoms with Crippen LogP contribution in [0.15, 0.2) is 72.8 Å². The van der Waals surface area contributed by atoms with Crippen molar-refractivity contribution >= 4 is 27.5 Å². The SMILES string of the molecule is CC[C@H](C)NC(=O)[C@@H](Cc1ccccc1)N(Cc1ccc(F)cc1)C(=O)CN(c1ccc2c(c1)OCCO2)S(C)(=O)=O. The molecule has 0 aliphatic carbocycles. The maximum atomic E-state index is 14.1. The summed E-state index contributed by atoms with van der Waals surface area (Å²) in [6.45, 7) is 3.89. The van der Waals surface area contributed by atoms with Gasteiger partial charge in [0.1, 0.15) is 31.6 Å². The summed E-state index contributed by atoms with van der Waals surface area (Å²) in [7, 11) is -3.94. The van der Waals surface area contributed by atoms with Gasteiger partial charge in [0, 0.05) is 25.1 Å². The summed E-state index contributed by atoms with van der Waals surface area (Å²) in [5.41, 5.74) is 1.63. The first kappa shape index (κ1) is 30.8. The Labute approximate surface area is 246 Å². The number of ether oxygens (including phenoxy) is 2. The molecular weight excluding hydrogens is 561 g/mol. The van der Waals surface area contributed by atoms with E-state index in [1.165, 1.54) is 35.2 Å². The van der Waals surface area contributed by atoms with Crippen LogP contribution in [-0.4, -0.2) is 63.2 Å². The fraction of sp³-hybridized carbons (Fsp3) is 0.355. The van der Waals surface area contributed by atoms with Gasteiger partial charge < -0.3 is 19.7 Å². The third-order valence-corrected chi connectivity index (χ3v) is 8.17. The largest absolute Gasteiger partial charge is 0.486 e. The third-order valence-electron chi connectivity index (χ3n) is 7.03. The Hall–Kier alpha value is -4.12. The molecule has 4 rings (SSSR count). The van der Waals surface area contributed by atoms with E-state index in [4.69, 9.17) is 9.47 Å². The van der Waals surface area contributed by atoms with E-state index in [0.717, 1.165) is 16.1 Å². The number of hydrogen-bond donors (Lipinski definition) is 1. The molecule has 1 aliphatic rings. The van der Waals surface area contributed by atoms with Gasteiger partial charge in [0.25, 0.3) is 0 Å². The Bertz CT molecular complexity index is 1480. The highest BCUT2D eigenvalue weighted by Gasteiger charge is 2.33. The summed E-state index contributed by atoms with van der Waals surface area (Å²) in [6, 6.07) is 18.5. The monoisotopic (exact) mass is 597 g/mol. The van der Waals surface area contributed by atoms with Crippen molar-refractivity contribution in [3.05, 3.63) is 89.7 Å². The lowest BCUT2D eigenvalue weighted by molar-refractivity contribution is -0.140. The molecule has 0 aromatic heterocycles. The topological polar surface area (TPSA) is 105 Å². The van der Waals surface area contributed by atoms with E-state index in [1.54, 1.807) is 12.1 Å². The van der Waals surface area contributed by atoms with Gasteiger partial charge in [0.05, 0.1) is 11.9 Å². The molecule has 3 aromatic carbocycles. The summed E-state index contributed by atoms with van der Waals surface area (Å²) in [5.74, 6) is -0.548. The maximum Gasteiger partial charge on any atom is 0.244 e. The van der Waals surface area contributed by atoms with Crippen LogP contribution in [-0.2, 0) is 32.6 Å². The molecule has 0 bridgehead atoms. The zero-order valence-electron chi connectivity index (χ0n) is 24.0. The number of carbonyl (C=O) groups is 2. The van der Waals surface area contributed by atoms with Crippen LogP contribution in [0.4, 0.5) is 10.1 Å². The van der Waals surface area contributed by atoms with Crippen LogP contribution >= 0.6 is 0 Å². The first-order valence-corrected chi connectivity index (χ1v) is 15.7. The molecular formula is C31H36FN3O6S. The van der Waals surface area contributed by atoms with Gasteiger partial charge in [-0.1, -0.05) is 49.4 Å². The molecule has 0 unspecified atom stereocenters. The molecule has 224 valence electrons. The van der Waals surface area contributed by atoms with E-state index < -0.39 is 34.3 Å². The summed E-state index contributed by atoms with van der Waals surface area (Å²) < 4.78 is 51.9. The van der Waals surface area contributed by atoms with Crippen LogP contribution in [0.1, 0.15) is 31.4 Å². The summed E-state index contributed by atoms with van der Waals surface area (Å²) in [5, 5.41) is 2.97. The second-order valence-electron chi connectivity index (χ2n) is 10.3. The molecule has 1 heterocycles. The van der Waals surface area contributed by atoms with Gasteiger partial charge >= 0.3 is 0 Å². The second-order valence-corrected chi connectivity index (χ2v) is 12.2. The van der Waals surface area contributed by atoms with Crippen LogP contribution in [0.5, 0.6) is 11.5 Å². The molecule has 42 heavy (non-hydrogen) atoms. The van der Waals surface area contributed by atoms with Crippen molar-refractivity contribution in [2.75, 3.05) is 30.3 Å². The average molecular weight is 598 g/mol. The summed E-state index contributed by atoms with van der Waals surface area (Å²) >= 11 is 0. The lowest BCUT2D eigenvalue weighted by Gasteiger charge is -2.34. The molecule has 11 heteroatoms. The molecule has 1 N–H and O–H groups in total. The smallest absolute Gasteiger partial charge is 0.244 e. The van der Waals surface area contributed by atoms with Crippen LogP contribution in [0.2, 0.25) is 0 Å². The quantitative estimate of drug-likeness (QED) is 0.340. The number of carbonyl (C=O) groups excluding carboxylic acids is 2. The minimum absolute atomic E-state index is 0.0384. The van der Waals surface area contributed by atoms with Crippen LogP contribution in [0, 0.1) is 5.82 Å². The Balaban J connectivity index is 1.73. The van der Waals surface area contributed by atoms with Crippen molar-refractivity contribution in [1.29, 1.82) is 0 Å². The van der Waals surface area contributed by atoms with Crippen molar-refractivity contribution in [3.8, 4) is 11.5 Å². The maximum absolute atomic E-state index is 14.1. The highest BCUT2D eigenvalue weighted by atomic mass is 32.2. The van der Waals surface area contributed by atoms with E-state index in [9.17, 15) is 22.4 Å². The average Bonchev–Trinajstić information content (AvgIpc) is 2.98. The number of anilines is 1. The fourth-order valence-electron chi connectivity index (χ4n) is 4.58. The van der Waals surface area contributed by atoms with E-state index in [-0.39, 0.29) is 30.6 Å². The Morgan fingerprint density at radius 2 is 1.62 bits per heavy atom. The molecule has 1 aliphatic heterocycles. The van der Waals surface area contributed by atoms with E-state index >= 15 is 0 Å². The number of amides is 2. The van der Waals surface area contributed by atoms with Crippen LogP contribution < -0.4 is 19.1 Å². The van der Waals surface area contributed by atoms with Crippen molar-refractivity contribution < 1.29 is 31.9 Å². The van der Waals surface area contributed by atoms with Crippen LogP contribution in [0.25, 0.3) is 0 Å². The lowest BCUT2D eigenvalue weighted by atomic mass is 10.0. The van der Waals surface area contributed by atoms with Gasteiger partial charge in [-0.15, -0.1) is 0 Å². The molecule has 9 nitrogen and oxygen atoms in total. The highest BCUT2D eigenvalue weighted by molar-refractivity contribution is 7.92. The van der Waals surface area contributed by atoms with Crippen molar-refractivity contribution in [3.63, 3.8) is 0 Å². The summed E-state index contributed by atoms with van der Waals surface area (Å²) in [6.07, 6.45) is 1.89. The van der Waals surface area contributed by atoms with Crippen molar-refractivity contribution in [2.24, 2.45) is 0 Å². The van der Waals surface area contributed by atoms with Gasteiger partial charge in [-0.05, 0) is 48.7 Å². The van der Waals surface area contributed by atoms with E-state index in [0.29, 0.717) is 36.7 Å². The minimum Gasteiger partial charge on any atom is -0.486 e. The third kappa shape index (κ3) is 8.00. The molecule has 0 radical (unpaired) electrons. The van der Waals surface area contributed by atoms with Crippen molar-refractivity contribution in [1.82, 2.24) is 10.2 Å². The molecule has 0 saturated carbocycles. The molecule has 2 amide bonds. The van der Waals surface area contributed by atoms with Gasteiger partial charge in [-0.3, -0.25) is 13.9 Å². The van der Waals surface area contributed by atoms with Crippen molar-refractivity contribution in [2.45, 2.75) is 45.3 Å². The molecule has 0 spiro atoms. The second kappa shape index (κ2) is 13.7. The van der Waals surface area contributed by atoms with Gasteiger partial charge in [0.2, 0.25) is 21.8 Å². The Kier molecular flexibility index (Phi) is 10.1. The summed E-state index contributed by atoms with van der Waals surface area (Å²) in [4.78, 5) is 29.2. The zero-order chi connectivity index (χ0) is 30.3. The Morgan fingerprint density at radius 1 is 0.952 bits per heavy atom. The number of fused-ring (bicyclic) bond motifs is 1. The predicted octanol–water partition coefficient (Wildman–Crippen LogP) is 3.92. The van der Waals surface area contributed by atoms with Gasteiger partial charge in [0.15, 0.2) is 11.5 Å². The minimum atomic E-state index is -3.94. The number of halogens is 1.